The maximum atomic E-state index is 13.1. The number of hydrogen-bond donors (Lipinski definition) is 1. The van der Waals surface area contributed by atoms with Crippen LogP contribution in [0.2, 0.25) is 0 Å². The first kappa shape index (κ1) is 15.2. The first-order valence-electron chi connectivity index (χ1n) is 6.53. The van der Waals surface area contributed by atoms with Crippen molar-refractivity contribution in [2.75, 3.05) is 24.3 Å². The van der Waals surface area contributed by atoms with Crippen molar-refractivity contribution < 1.29 is 13.2 Å². The number of halogens is 3. The minimum atomic E-state index is -1.44. The smallest absolute Gasteiger partial charge is 0.194 e. The second-order valence-corrected chi connectivity index (χ2v) is 5.12. The van der Waals surface area contributed by atoms with Gasteiger partial charge in [0.05, 0.1) is 0 Å². The molecule has 0 amide bonds. The van der Waals surface area contributed by atoms with Crippen LogP contribution >= 0.6 is 0 Å². The van der Waals surface area contributed by atoms with Gasteiger partial charge in [0.2, 0.25) is 0 Å². The Morgan fingerprint density at radius 3 is 2.19 bits per heavy atom. The van der Waals surface area contributed by atoms with E-state index in [0.29, 0.717) is 5.56 Å². The quantitative estimate of drug-likeness (QED) is 0.854. The molecule has 0 aliphatic rings. The molecule has 2 aromatic rings. The van der Waals surface area contributed by atoms with Crippen molar-refractivity contribution in [1.82, 2.24) is 0 Å². The molecule has 2 rings (SSSR count). The Balaban J connectivity index is 2.15. The number of anilines is 2. The molecule has 112 valence electrons. The molecule has 5 heteroatoms. The van der Waals surface area contributed by atoms with Crippen molar-refractivity contribution in [3.05, 3.63) is 58.9 Å². The normalized spacial score (nSPS) is 10.6. The summed E-state index contributed by atoms with van der Waals surface area (Å²) in [7, 11) is 3.88. The van der Waals surface area contributed by atoms with Crippen LogP contribution in [0.3, 0.4) is 0 Å². The third kappa shape index (κ3) is 3.48. The third-order valence-corrected chi connectivity index (χ3v) is 3.23. The summed E-state index contributed by atoms with van der Waals surface area (Å²) >= 11 is 0. The highest BCUT2D eigenvalue weighted by atomic mass is 19.2. The van der Waals surface area contributed by atoms with Crippen LogP contribution in [-0.2, 0) is 6.54 Å². The minimum Gasteiger partial charge on any atom is -0.381 e. The fraction of sp³-hybridized carbons (Fsp3) is 0.250. The van der Waals surface area contributed by atoms with E-state index >= 15 is 0 Å². The predicted molar refractivity (Wildman–Crippen MR) is 79.1 cm³/mol. The molecule has 0 radical (unpaired) electrons. The van der Waals surface area contributed by atoms with Gasteiger partial charge in [-0.15, -0.1) is 0 Å². The summed E-state index contributed by atoms with van der Waals surface area (Å²) < 4.78 is 39.2. The Bertz CT molecular complexity index is 631. The lowest BCUT2D eigenvalue weighted by Gasteiger charge is -2.17. The average molecular weight is 294 g/mol. The van der Waals surface area contributed by atoms with Crippen molar-refractivity contribution in [3.8, 4) is 0 Å². The Kier molecular flexibility index (Phi) is 4.40. The summed E-state index contributed by atoms with van der Waals surface area (Å²) in [4.78, 5) is 1.98. The average Bonchev–Trinajstić information content (AvgIpc) is 2.43. The van der Waals surface area contributed by atoms with Crippen LogP contribution < -0.4 is 10.2 Å². The molecular weight excluding hydrogens is 277 g/mol. The summed E-state index contributed by atoms with van der Waals surface area (Å²) in [5.74, 6) is -3.79. The zero-order valence-corrected chi connectivity index (χ0v) is 12.2. The van der Waals surface area contributed by atoms with E-state index < -0.39 is 17.5 Å². The summed E-state index contributed by atoms with van der Waals surface area (Å²) in [5, 5.41) is 3.07. The number of nitrogens with one attached hydrogen (secondary N) is 1. The second kappa shape index (κ2) is 6.08. The molecule has 0 heterocycles. The van der Waals surface area contributed by atoms with Crippen LogP contribution in [0.25, 0.3) is 0 Å². The molecule has 0 saturated heterocycles. The fourth-order valence-corrected chi connectivity index (χ4v) is 2.12. The second-order valence-electron chi connectivity index (χ2n) is 5.12. The zero-order valence-electron chi connectivity index (χ0n) is 12.2. The van der Waals surface area contributed by atoms with Gasteiger partial charge in [0.1, 0.15) is 0 Å². The highest BCUT2D eigenvalue weighted by Crippen LogP contribution is 2.23. The van der Waals surface area contributed by atoms with Crippen LogP contribution in [-0.4, -0.2) is 14.1 Å². The van der Waals surface area contributed by atoms with E-state index in [-0.39, 0.29) is 6.54 Å². The molecule has 0 spiro atoms. The Labute approximate surface area is 122 Å². The molecule has 2 nitrogen and oxygen atoms in total. The van der Waals surface area contributed by atoms with E-state index in [1.54, 1.807) is 0 Å². The monoisotopic (exact) mass is 294 g/mol. The van der Waals surface area contributed by atoms with Gasteiger partial charge in [-0.2, -0.15) is 0 Å². The number of rotatable bonds is 4. The number of nitrogens with zero attached hydrogens (tertiary/aromatic N) is 1. The van der Waals surface area contributed by atoms with Crippen LogP contribution in [0.5, 0.6) is 0 Å². The van der Waals surface area contributed by atoms with E-state index in [4.69, 9.17) is 0 Å². The van der Waals surface area contributed by atoms with Crippen molar-refractivity contribution in [2.45, 2.75) is 13.5 Å². The van der Waals surface area contributed by atoms with Gasteiger partial charge in [0.25, 0.3) is 0 Å². The van der Waals surface area contributed by atoms with Gasteiger partial charge in [0.15, 0.2) is 17.5 Å². The highest BCUT2D eigenvalue weighted by molar-refractivity contribution is 5.61. The summed E-state index contributed by atoms with van der Waals surface area (Å²) in [6.45, 7) is 2.22. The first-order chi connectivity index (χ1) is 9.88. The van der Waals surface area contributed by atoms with Gasteiger partial charge in [0, 0.05) is 32.0 Å². The molecule has 2 aromatic carbocycles. The minimum absolute atomic E-state index is 0.212. The van der Waals surface area contributed by atoms with Crippen LogP contribution in [0.4, 0.5) is 24.5 Å². The first-order valence-corrected chi connectivity index (χ1v) is 6.53. The van der Waals surface area contributed by atoms with E-state index in [2.05, 4.69) is 5.32 Å². The summed E-state index contributed by atoms with van der Waals surface area (Å²) in [6.07, 6.45) is 0. The van der Waals surface area contributed by atoms with Gasteiger partial charge in [-0.3, -0.25) is 0 Å². The Morgan fingerprint density at radius 1 is 1.00 bits per heavy atom. The largest absolute Gasteiger partial charge is 0.381 e. The van der Waals surface area contributed by atoms with Crippen LogP contribution in [0.1, 0.15) is 11.1 Å². The number of benzene rings is 2. The molecule has 0 atom stereocenters. The predicted octanol–water partition coefficient (Wildman–Crippen LogP) is 4.09. The van der Waals surface area contributed by atoms with Crippen LogP contribution in [0, 0.1) is 24.4 Å². The van der Waals surface area contributed by atoms with Crippen molar-refractivity contribution >= 4 is 11.4 Å². The number of hydrogen-bond acceptors (Lipinski definition) is 2. The van der Waals surface area contributed by atoms with E-state index in [0.717, 1.165) is 29.1 Å². The van der Waals surface area contributed by atoms with Gasteiger partial charge < -0.3 is 10.2 Å². The highest BCUT2D eigenvalue weighted by Gasteiger charge is 2.10. The van der Waals surface area contributed by atoms with Crippen LogP contribution in [0.15, 0.2) is 30.3 Å². The van der Waals surface area contributed by atoms with Gasteiger partial charge in [-0.1, -0.05) is 6.07 Å². The molecule has 0 aliphatic heterocycles. The Morgan fingerprint density at radius 2 is 1.62 bits per heavy atom. The fourth-order valence-electron chi connectivity index (χ4n) is 2.12. The molecule has 0 unspecified atom stereocenters. The maximum absolute atomic E-state index is 13.1. The molecule has 0 saturated carbocycles. The van der Waals surface area contributed by atoms with E-state index in [1.807, 2.05) is 44.1 Å². The molecule has 1 N–H and O–H groups in total. The van der Waals surface area contributed by atoms with E-state index in [9.17, 15) is 13.2 Å². The van der Waals surface area contributed by atoms with Gasteiger partial charge >= 0.3 is 0 Å². The van der Waals surface area contributed by atoms with Gasteiger partial charge in [-0.05, 0) is 42.3 Å². The van der Waals surface area contributed by atoms with E-state index in [1.165, 1.54) is 0 Å². The lowest BCUT2D eigenvalue weighted by atomic mass is 10.1. The molecule has 21 heavy (non-hydrogen) atoms. The lowest BCUT2D eigenvalue weighted by Crippen LogP contribution is -2.11. The summed E-state index contributed by atoms with van der Waals surface area (Å²) in [5.41, 5.74) is 3.36. The topological polar surface area (TPSA) is 15.3 Å². The zero-order chi connectivity index (χ0) is 15.6. The summed E-state index contributed by atoms with van der Waals surface area (Å²) in [6, 6.07) is 7.78. The molecular formula is C16H17F3N2. The maximum Gasteiger partial charge on any atom is 0.194 e. The SMILES string of the molecule is Cc1ccc(NCc2cc(F)c(F)c(F)c2)cc1N(C)C. The van der Waals surface area contributed by atoms with Crippen molar-refractivity contribution in [2.24, 2.45) is 0 Å². The van der Waals surface area contributed by atoms with Gasteiger partial charge in [-0.25, -0.2) is 13.2 Å². The standard InChI is InChI=1S/C16H17F3N2/c1-10-4-5-12(8-15(10)21(2)3)20-9-11-6-13(17)16(19)14(18)7-11/h4-8,20H,9H2,1-3H3. The number of aryl methyl sites for hydroxylation is 1. The Hall–Kier alpha value is -2.17. The third-order valence-electron chi connectivity index (χ3n) is 3.23. The molecule has 0 fully saturated rings. The molecule has 0 aromatic heterocycles. The molecule has 0 aliphatic carbocycles. The lowest BCUT2D eigenvalue weighted by molar-refractivity contribution is 0.445. The van der Waals surface area contributed by atoms with Crippen molar-refractivity contribution in [3.63, 3.8) is 0 Å². The molecule has 0 bridgehead atoms. The van der Waals surface area contributed by atoms with Crippen molar-refractivity contribution in [1.29, 1.82) is 0 Å².